The maximum atomic E-state index is 12.6. The highest BCUT2D eigenvalue weighted by atomic mass is 127. The molecule has 2 amide bonds. The average molecular weight is 586 g/mol. The Morgan fingerprint density at radius 2 is 1.60 bits per heavy atom. The third-order valence-corrected chi connectivity index (χ3v) is 6.74. The van der Waals surface area contributed by atoms with Crippen molar-refractivity contribution >= 4 is 46.2 Å². The molecule has 0 saturated heterocycles. The summed E-state index contributed by atoms with van der Waals surface area (Å²) in [5.41, 5.74) is 5.15. The van der Waals surface area contributed by atoms with E-state index in [0.717, 1.165) is 22.3 Å². The van der Waals surface area contributed by atoms with Gasteiger partial charge in [-0.15, -0.1) is 0 Å². The van der Waals surface area contributed by atoms with Gasteiger partial charge in [0.1, 0.15) is 6.61 Å². The van der Waals surface area contributed by atoms with Crippen LogP contribution in [0.3, 0.4) is 0 Å². The van der Waals surface area contributed by atoms with Crippen molar-refractivity contribution < 1.29 is 29.3 Å². The molecule has 35 heavy (non-hydrogen) atoms. The zero-order chi connectivity index (χ0) is 25.1. The van der Waals surface area contributed by atoms with E-state index in [9.17, 15) is 19.5 Å². The lowest BCUT2D eigenvalue weighted by atomic mass is 9.98. The molecule has 1 aliphatic carbocycles. The summed E-state index contributed by atoms with van der Waals surface area (Å²) in [6.45, 7) is 1.46. The lowest BCUT2D eigenvalue weighted by Gasteiger charge is -2.17. The van der Waals surface area contributed by atoms with Crippen LogP contribution in [0.5, 0.6) is 0 Å². The highest BCUT2D eigenvalue weighted by Gasteiger charge is 2.29. The number of carbonyl (C=O) groups excluding carboxylic acids is 2. The van der Waals surface area contributed by atoms with Gasteiger partial charge in [-0.3, -0.25) is 10.1 Å². The van der Waals surface area contributed by atoms with Crippen molar-refractivity contribution in [2.45, 2.75) is 25.0 Å². The van der Waals surface area contributed by atoms with E-state index in [0.29, 0.717) is 9.26 Å². The Hall–Kier alpha value is -3.44. The van der Waals surface area contributed by atoms with Gasteiger partial charge in [-0.2, -0.15) is 0 Å². The molecular weight excluding hydrogens is 563 g/mol. The Bertz CT molecular complexity index is 1250. The molecule has 4 N–H and O–H groups in total. The van der Waals surface area contributed by atoms with E-state index >= 15 is 0 Å². The molecular formula is C26H23IN2O6. The van der Waals surface area contributed by atoms with E-state index in [1.165, 1.54) is 25.1 Å². The number of aliphatic hydroxyl groups is 1. The number of rotatable bonds is 7. The Kier molecular flexibility index (Phi) is 7.37. The van der Waals surface area contributed by atoms with Crippen molar-refractivity contribution in [1.29, 1.82) is 0 Å². The summed E-state index contributed by atoms with van der Waals surface area (Å²) < 4.78 is 6.12. The van der Waals surface area contributed by atoms with Crippen molar-refractivity contribution in [3.8, 4) is 11.1 Å². The number of aliphatic hydroxyl groups excluding tert-OH is 1. The van der Waals surface area contributed by atoms with Gasteiger partial charge in [-0.05, 0) is 70.0 Å². The molecule has 180 valence electrons. The summed E-state index contributed by atoms with van der Waals surface area (Å²) in [6.07, 6.45) is -1.88. The summed E-state index contributed by atoms with van der Waals surface area (Å²) in [4.78, 5) is 36.2. The minimum absolute atomic E-state index is 0.0607. The number of carboxylic acids is 1. The number of ether oxygens (including phenoxy) is 1. The number of hydrogen-bond donors (Lipinski definition) is 4. The number of hydrogen-bond acceptors (Lipinski definition) is 5. The van der Waals surface area contributed by atoms with Crippen LogP contribution in [-0.4, -0.2) is 46.9 Å². The van der Waals surface area contributed by atoms with E-state index < -0.39 is 30.1 Å². The SMILES string of the molecule is C[C@@H](O)[C@H](NC(=O)c1ccc(NC(=O)OCC2c3ccccc3-c3ccccc32)c(I)c1)C(=O)O. The maximum absolute atomic E-state index is 12.6. The van der Waals surface area contributed by atoms with E-state index in [4.69, 9.17) is 9.84 Å². The second kappa shape index (κ2) is 10.4. The Balaban J connectivity index is 1.40. The van der Waals surface area contributed by atoms with Crippen LogP contribution in [0.2, 0.25) is 0 Å². The van der Waals surface area contributed by atoms with Crippen LogP contribution in [0.25, 0.3) is 11.1 Å². The van der Waals surface area contributed by atoms with Crippen LogP contribution in [0, 0.1) is 3.57 Å². The molecule has 2 atom stereocenters. The molecule has 0 aromatic heterocycles. The number of carboxylic acid groups (broad SMARTS) is 1. The number of anilines is 1. The predicted octanol–water partition coefficient (Wildman–Crippen LogP) is 4.22. The summed E-state index contributed by atoms with van der Waals surface area (Å²) in [6, 6.07) is 19.2. The molecule has 0 aliphatic heterocycles. The molecule has 4 rings (SSSR count). The smallest absolute Gasteiger partial charge is 0.411 e. The first kappa shape index (κ1) is 24.7. The van der Waals surface area contributed by atoms with Gasteiger partial charge in [0, 0.05) is 15.1 Å². The molecule has 0 radical (unpaired) electrons. The highest BCUT2D eigenvalue weighted by Crippen LogP contribution is 2.44. The lowest BCUT2D eigenvalue weighted by Crippen LogP contribution is -2.47. The van der Waals surface area contributed by atoms with Gasteiger partial charge in [0.15, 0.2) is 6.04 Å². The zero-order valence-corrected chi connectivity index (χ0v) is 20.9. The van der Waals surface area contributed by atoms with Crippen molar-refractivity contribution in [2.75, 3.05) is 11.9 Å². The molecule has 3 aromatic rings. The Morgan fingerprint density at radius 1 is 1.00 bits per heavy atom. The zero-order valence-electron chi connectivity index (χ0n) is 18.7. The van der Waals surface area contributed by atoms with E-state index in [-0.39, 0.29) is 18.1 Å². The van der Waals surface area contributed by atoms with Crippen LogP contribution in [0.4, 0.5) is 10.5 Å². The van der Waals surface area contributed by atoms with Crippen molar-refractivity contribution in [2.24, 2.45) is 0 Å². The number of aliphatic carboxylic acids is 1. The quantitative estimate of drug-likeness (QED) is 0.308. The molecule has 0 fully saturated rings. The molecule has 0 spiro atoms. The van der Waals surface area contributed by atoms with Crippen molar-refractivity contribution in [1.82, 2.24) is 5.32 Å². The number of fused-ring (bicyclic) bond motifs is 3. The third kappa shape index (κ3) is 5.30. The van der Waals surface area contributed by atoms with E-state index in [2.05, 4.69) is 22.8 Å². The first-order valence-corrected chi connectivity index (χ1v) is 12.0. The fraction of sp³-hybridized carbons (Fsp3) is 0.192. The van der Waals surface area contributed by atoms with Crippen molar-refractivity contribution in [3.05, 3.63) is 87.0 Å². The largest absolute Gasteiger partial charge is 0.480 e. The summed E-state index contributed by atoms with van der Waals surface area (Å²) >= 11 is 1.96. The van der Waals surface area contributed by atoms with Gasteiger partial charge in [0.05, 0.1) is 11.8 Å². The fourth-order valence-corrected chi connectivity index (χ4v) is 4.77. The standard InChI is InChI=1S/C26H23IN2O6/c1-14(30)23(25(32)33)29-24(31)15-10-11-22(21(27)12-15)28-26(34)35-13-20-18-8-4-2-6-16(18)17-7-3-5-9-19(17)20/h2-12,14,20,23,30H,13H2,1H3,(H,28,34)(H,29,31)(H,32,33)/t14-,23+/m1/s1. The first-order valence-electron chi connectivity index (χ1n) is 10.9. The molecule has 0 saturated carbocycles. The van der Waals surface area contributed by atoms with Crippen LogP contribution in [0.1, 0.15) is 34.3 Å². The van der Waals surface area contributed by atoms with Gasteiger partial charge in [-0.25, -0.2) is 9.59 Å². The average Bonchev–Trinajstić information content (AvgIpc) is 3.15. The normalized spacial score (nSPS) is 13.8. The number of benzene rings is 3. The number of halogens is 1. The van der Waals surface area contributed by atoms with Gasteiger partial charge in [0.2, 0.25) is 0 Å². The molecule has 9 heteroatoms. The minimum atomic E-state index is -1.43. The highest BCUT2D eigenvalue weighted by molar-refractivity contribution is 14.1. The minimum Gasteiger partial charge on any atom is -0.480 e. The number of amides is 2. The molecule has 8 nitrogen and oxygen atoms in total. The summed E-state index contributed by atoms with van der Waals surface area (Å²) in [7, 11) is 0. The second-order valence-electron chi connectivity index (χ2n) is 8.18. The predicted molar refractivity (Wildman–Crippen MR) is 138 cm³/mol. The van der Waals surface area contributed by atoms with Gasteiger partial charge < -0.3 is 20.3 Å². The number of nitrogens with one attached hydrogen (secondary N) is 2. The Labute approximate surface area is 215 Å². The van der Waals surface area contributed by atoms with Crippen molar-refractivity contribution in [3.63, 3.8) is 0 Å². The molecule has 0 heterocycles. The van der Waals surface area contributed by atoms with Crippen LogP contribution in [-0.2, 0) is 9.53 Å². The summed E-state index contributed by atoms with van der Waals surface area (Å²) in [5, 5.41) is 23.7. The molecule has 0 bridgehead atoms. The first-order chi connectivity index (χ1) is 16.8. The van der Waals surface area contributed by atoms with Crippen LogP contribution >= 0.6 is 22.6 Å². The fourth-order valence-electron chi connectivity index (χ4n) is 4.12. The van der Waals surface area contributed by atoms with E-state index in [1.807, 2.05) is 59.0 Å². The summed E-state index contributed by atoms with van der Waals surface area (Å²) in [5.74, 6) is -2.05. The van der Waals surface area contributed by atoms with Gasteiger partial charge in [0.25, 0.3) is 5.91 Å². The Morgan fingerprint density at radius 3 is 2.14 bits per heavy atom. The van der Waals surface area contributed by atoms with E-state index in [1.54, 1.807) is 0 Å². The second-order valence-corrected chi connectivity index (χ2v) is 9.34. The molecule has 0 unspecified atom stereocenters. The van der Waals surface area contributed by atoms with Crippen LogP contribution < -0.4 is 10.6 Å². The monoisotopic (exact) mass is 586 g/mol. The van der Waals surface area contributed by atoms with Gasteiger partial charge in [-0.1, -0.05) is 48.5 Å². The molecule has 3 aromatic carbocycles. The lowest BCUT2D eigenvalue weighted by molar-refractivity contribution is -0.141. The van der Waals surface area contributed by atoms with Gasteiger partial charge >= 0.3 is 12.1 Å². The molecule has 1 aliphatic rings. The van der Waals surface area contributed by atoms with Crippen LogP contribution in [0.15, 0.2) is 66.7 Å². The maximum Gasteiger partial charge on any atom is 0.411 e. The topological polar surface area (TPSA) is 125 Å². The third-order valence-electron chi connectivity index (χ3n) is 5.85. The number of carbonyl (C=O) groups is 3.